The van der Waals surface area contributed by atoms with Crippen molar-refractivity contribution in [3.63, 3.8) is 0 Å². The van der Waals surface area contributed by atoms with Crippen molar-refractivity contribution in [2.75, 3.05) is 20.2 Å². The monoisotopic (exact) mass is 329 g/mol. The third-order valence-electron chi connectivity index (χ3n) is 4.21. The van der Waals surface area contributed by atoms with E-state index in [9.17, 15) is 9.59 Å². The van der Waals surface area contributed by atoms with Crippen molar-refractivity contribution in [2.45, 2.75) is 12.8 Å². The number of methoxy groups -OCH3 is 1. The van der Waals surface area contributed by atoms with E-state index in [0.29, 0.717) is 36.6 Å². The van der Waals surface area contributed by atoms with Crippen molar-refractivity contribution < 1.29 is 18.7 Å². The molecule has 7 nitrogen and oxygen atoms in total. The van der Waals surface area contributed by atoms with Gasteiger partial charge in [-0.15, -0.1) is 0 Å². The van der Waals surface area contributed by atoms with Gasteiger partial charge >= 0.3 is 0 Å². The molecule has 2 amide bonds. The number of oxazole rings is 1. The molecular weight excluding hydrogens is 310 g/mol. The van der Waals surface area contributed by atoms with Crippen molar-refractivity contribution in [1.29, 1.82) is 0 Å². The van der Waals surface area contributed by atoms with Crippen LogP contribution in [0.25, 0.3) is 11.3 Å². The third-order valence-corrected chi connectivity index (χ3v) is 4.21. The van der Waals surface area contributed by atoms with Crippen molar-refractivity contribution >= 4 is 11.8 Å². The molecule has 1 atom stereocenters. The number of piperidine rings is 1. The van der Waals surface area contributed by atoms with Crippen LogP contribution in [0.15, 0.2) is 35.1 Å². The van der Waals surface area contributed by atoms with Crippen molar-refractivity contribution in [3.8, 4) is 17.1 Å². The van der Waals surface area contributed by atoms with E-state index in [1.165, 1.54) is 6.39 Å². The highest BCUT2D eigenvalue weighted by molar-refractivity contribution is 5.98. The standard InChI is InChI=1S/C17H19N3O4/c1-23-13-6-2-4-11(8-13)15-14(19-10-24-15)17(22)20-7-3-5-12(9-20)16(18)21/h2,4,6,8,10,12H,3,5,7,9H2,1H3,(H2,18,21)/t12-/m0/s1. The van der Waals surface area contributed by atoms with Crippen LogP contribution in [0, 0.1) is 5.92 Å². The second-order valence-corrected chi connectivity index (χ2v) is 5.75. The van der Waals surface area contributed by atoms with Crippen molar-refractivity contribution in [1.82, 2.24) is 9.88 Å². The SMILES string of the molecule is COc1cccc(-c2ocnc2C(=O)N2CCC[C@H](C(N)=O)C2)c1. The second kappa shape index (κ2) is 6.74. The Kier molecular flexibility index (Phi) is 4.50. The maximum Gasteiger partial charge on any atom is 0.276 e. The zero-order valence-electron chi connectivity index (χ0n) is 13.4. The molecule has 24 heavy (non-hydrogen) atoms. The van der Waals surface area contributed by atoms with Gasteiger partial charge in [0.15, 0.2) is 17.8 Å². The van der Waals surface area contributed by atoms with E-state index in [1.807, 2.05) is 18.2 Å². The Morgan fingerprint density at radius 3 is 3.00 bits per heavy atom. The zero-order chi connectivity index (χ0) is 17.1. The highest BCUT2D eigenvalue weighted by Crippen LogP contribution is 2.28. The highest BCUT2D eigenvalue weighted by atomic mass is 16.5. The Bertz CT molecular complexity index is 756. The molecule has 3 rings (SSSR count). The number of primary amides is 1. The van der Waals surface area contributed by atoms with Crippen LogP contribution < -0.4 is 10.5 Å². The molecular formula is C17H19N3O4. The number of carbonyl (C=O) groups excluding carboxylic acids is 2. The molecule has 0 saturated carbocycles. The molecule has 0 spiro atoms. The van der Waals surface area contributed by atoms with E-state index < -0.39 is 0 Å². The van der Waals surface area contributed by atoms with Gasteiger partial charge in [-0.1, -0.05) is 12.1 Å². The summed E-state index contributed by atoms with van der Waals surface area (Å²) in [5.74, 6) is 0.109. The van der Waals surface area contributed by atoms with Crippen LogP contribution in [-0.2, 0) is 4.79 Å². The number of ether oxygens (including phenoxy) is 1. The lowest BCUT2D eigenvalue weighted by Crippen LogP contribution is -2.44. The lowest BCUT2D eigenvalue weighted by Gasteiger charge is -2.30. The van der Waals surface area contributed by atoms with Gasteiger partial charge in [0.2, 0.25) is 5.91 Å². The van der Waals surface area contributed by atoms with Gasteiger partial charge < -0.3 is 19.8 Å². The average Bonchev–Trinajstić information content (AvgIpc) is 3.11. The van der Waals surface area contributed by atoms with Crippen LogP contribution >= 0.6 is 0 Å². The van der Waals surface area contributed by atoms with Crippen LogP contribution in [0.3, 0.4) is 0 Å². The quantitative estimate of drug-likeness (QED) is 0.920. The minimum absolute atomic E-state index is 0.230. The summed E-state index contributed by atoms with van der Waals surface area (Å²) < 4.78 is 10.6. The Morgan fingerprint density at radius 2 is 2.25 bits per heavy atom. The molecule has 126 valence electrons. The molecule has 1 aromatic carbocycles. The van der Waals surface area contributed by atoms with Gasteiger partial charge in [0, 0.05) is 18.7 Å². The zero-order valence-corrected chi connectivity index (χ0v) is 13.4. The smallest absolute Gasteiger partial charge is 0.276 e. The Hall–Kier alpha value is -2.83. The van der Waals surface area contributed by atoms with Crippen molar-refractivity contribution in [3.05, 3.63) is 36.4 Å². The van der Waals surface area contributed by atoms with Gasteiger partial charge in [-0.25, -0.2) is 4.98 Å². The number of aromatic nitrogens is 1. The van der Waals surface area contributed by atoms with Crippen LogP contribution in [0.4, 0.5) is 0 Å². The Labute approximate surface area is 139 Å². The second-order valence-electron chi connectivity index (χ2n) is 5.75. The van der Waals surface area contributed by atoms with E-state index in [2.05, 4.69) is 4.98 Å². The summed E-state index contributed by atoms with van der Waals surface area (Å²) in [5.41, 5.74) is 6.31. The van der Waals surface area contributed by atoms with E-state index in [-0.39, 0.29) is 23.4 Å². The first-order valence-electron chi connectivity index (χ1n) is 7.76. The topological polar surface area (TPSA) is 98.7 Å². The molecule has 0 aliphatic carbocycles. The van der Waals surface area contributed by atoms with Gasteiger partial charge in [-0.05, 0) is 25.0 Å². The normalized spacial score (nSPS) is 17.5. The summed E-state index contributed by atoms with van der Waals surface area (Å²) in [6.07, 6.45) is 2.70. The molecule has 0 bridgehead atoms. The molecule has 7 heteroatoms. The number of carbonyl (C=O) groups is 2. The molecule has 1 aromatic heterocycles. The summed E-state index contributed by atoms with van der Waals surface area (Å²) in [6, 6.07) is 7.22. The maximum absolute atomic E-state index is 12.8. The van der Waals surface area contributed by atoms with Gasteiger partial charge in [0.25, 0.3) is 5.91 Å². The first kappa shape index (κ1) is 16.0. The highest BCUT2D eigenvalue weighted by Gasteiger charge is 2.30. The number of hydrogen-bond donors (Lipinski definition) is 1. The third kappa shape index (κ3) is 3.10. The average molecular weight is 329 g/mol. The first-order valence-corrected chi connectivity index (χ1v) is 7.76. The number of nitrogens with zero attached hydrogens (tertiary/aromatic N) is 2. The molecule has 2 heterocycles. The van der Waals surface area contributed by atoms with Crippen LogP contribution in [0.2, 0.25) is 0 Å². The van der Waals surface area contributed by atoms with Gasteiger partial charge in [-0.3, -0.25) is 9.59 Å². The van der Waals surface area contributed by atoms with Gasteiger partial charge in [-0.2, -0.15) is 0 Å². The number of amides is 2. The molecule has 1 aliphatic heterocycles. The van der Waals surface area contributed by atoms with E-state index >= 15 is 0 Å². The first-order chi connectivity index (χ1) is 11.6. The largest absolute Gasteiger partial charge is 0.497 e. The van der Waals surface area contributed by atoms with Gasteiger partial charge in [0.1, 0.15) is 5.75 Å². The fraction of sp³-hybridized carbons (Fsp3) is 0.353. The predicted molar refractivity (Wildman–Crippen MR) is 86.3 cm³/mol. The number of rotatable bonds is 4. The summed E-state index contributed by atoms with van der Waals surface area (Å²) in [6.45, 7) is 0.894. The maximum atomic E-state index is 12.8. The van der Waals surface area contributed by atoms with Crippen LogP contribution in [-0.4, -0.2) is 41.9 Å². The fourth-order valence-electron chi connectivity index (χ4n) is 2.91. The summed E-state index contributed by atoms with van der Waals surface area (Å²) >= 11 is 0. The molecule has 2 N–H and O–H groups in total. The lowest BCUT2D eigenvalue weighted by molar-refractivity contribution is -0.123. The molecule has 1 fully saturated rings. The number of nitrogens with two attached hydrogens (primary N) is 1. The number of benzene rings is 1. The molecule has 0 unspecified atom stereocenters. The van der Waals surface area contributed by atoms with E-state index in [4.69, 9.17) is 14.9 Å². The fourth-order valence-corrected chi connectivity index (χ4v) is 2.91. The minimum Gasteiger partial charge on any atom is -0.497 e. The predicted octanol–water partition coefficient (Wildman–Crippen LogP) is 1.69. The van der Waals surface area contributed by atoms with Crippen molar-refractivity contribution in [2.24, 2.45) is 11.7 Å². The summed E-state index contributed by atoms with van der Waals surface area (Å²) in [5, 5.41) is 0. The van der Waals surface area contributed by atoms with E-state index in [0.717, 1.165) is 6.42 Å². The summed E-state index contributed by atoms with van der Waals surface area (Å²) in [4.78, 5) is 29.9. The van der Waals surface area contributed by atoms with E-state index in [1.54, 1.807) is 18.1 Å². The molecule has 1 aliphatic rings. The molecule has 0 radical (unpaired) electrons. The summed E-state index contributed by atoms with van der Waals surface area (Å²) in [7, 11) is 1.57. The molecule has 2 aromatic rings. The Balaban J connectivity index is 1.86. The van der Waals surface area contributed by atoms with Gasteiger partial charge in [0.05, 0.1) is 13.0 Å². The van der Waals surface area contributed by atoms with Crippen LogP contribution in [0.5, 0.6) is 5.75 Å². The lowest BCUT2D eigenvalue weighted by atomic mass is 9.97. The number of hydrogen-bond acceptors (Lipinski definition) is 5. The van der Waals surface area contributed by atoms with Crippen LogP contribution in [0.1, 0.15) is 23.3 Å². The molecule has 1 saturated heterocycles. The Morgan fingerprint density at radius 1 is 1.42 bits per heavy atom. The minimum atomic E-state index is -0.374. The number of likely N-dealkylation sites (tertiary alicyclic amines) is 1.